The second-order valence-corrected chi connectivity index (χ2v) is 4.97. The molecule has 2 N–H and O–H groups in total. The van der Waals surface area contributed by atoms with Crippen LogP contribution in [0.15, 0.2) is 23.1 Å². The smallest absolute Gasteiger partial charge is 0.0544 e. The van der Waals surface area contributed by atoms with Crippen molar-refractivity contribution in [3.63, 3.8) is 0 Å². The fraction of sp³-hybridized carbons (Fsp3) is 0.111. The Labute approximate surface area is 94.5 Å². The van der Waals surface area contributed by atoms with Crippen molar-refractivity contribution in [2.24, 2.45) is 0 Å². The SMILES string of the molecule is Nc1c(CBr)sc2ccc(S)cc12. The zero-order valence-corrected chi connectivity index (χ0v) is 10.0. The number of nitrogens with two attached hydrogens (primary N) is 1. The Balaban J connectivity index is 2.77. The molecule has 13 heavy (non-hydrogen) atoms. The molecular formula is C9H8BrNS2. The monoisotopic (exact) mass is 273 g/mol. The minimum atomic E-state index is 0.820. The molecule has 1 aromatic carbocycles. The van der Waals surface area contributed by atoms with Gasteiger partial charge in [0.25, 0.3) is 0 Å². The van der Waals surface area contributed by atoms with Crippen LogP contribution in [-0.4, -0.2) is 0 Å². The number of alkyl halides is 1. The van der Waals surface area contributed by atoms with Crippen LogP contribution in [0.5, 0.6) is 0 Å². The summed E-state index contributed by atoms with van der Waals surface area (Å²) < 4.78 is 1.23. The lowest BCUT2D eigenvalue weighted by Gasteiger charge is -1.93. The maximum Gasteiger partial charge on any atom is 0.0544 e. The van der Waals surface area contributed by atoms with Crippen molar-refractivity contribution < 1.29 is 0 Å². The Morgan fingerprint density at radius 3 is 2.92 bits per heavy atom. The average molecular weight is 274 g/mol. The van der Waals surface area contributed by atoms with Crippen LogP contribution in [0, 0.1) is 0 Å². The van der Waals surface area contributed by atoms with Crippen molar-refractivity contribution in [3.8, 4) is 0 Å². The zero-order valence-electron chi connectivity index (χ0n) is 6.75. The predicted molar refractivity (Wildman–Crippen MR) is 66.1 cm³/mol. The topological polar surface area (TPSA) is 26.0 Å². The van der Waals surface area contributed by atoms with Gasteiger partial charge in [-0.25, -0.2) is 0 Å². The van der Waals surface area contributed by atoms with Crippen LogP contribution in [0.4, 0.5) is 5.69 Å². The second-order valence-electron chi connectivity index (χ2n) is 2.75. The molecule has 0 unspecified atom stereocenters. The van der Waals surface area contributed by atoms with E-state index < -0.39 is 0 Å². The van der Waals surface area contributed by atoms with E-state index in [1.807, 2.05) is 12.1 Å². The third-order valence-electron chi connectivity index (χ3n) is 1.91. The van der Waals surface area contributed by atoms with Crippen LogP contribution < -0.4 is 5.73 Å². The first-order valence-electron chi connectivity index (χ1n) is 3.78. The van der Waals surface area contributed by atoms with Crippen LogP contribution in [0.2, 0.25) is 0 Å². The number of nitrogen functional groups attached to an aromatic ring is 1. The molecule has 0 aliphatic rings. The van der Waals surface area contributed by atoms with Gasteiger partial charge in [-0.05, 0) is 18.2 Å². The summed E-state index contributed by atoms with van der Waals surface area (Å²) in [6, 6.07) is 6.06. The van der Waals surface area contributed by atoms with Crippen LogP contribution in [-0.2, 0) is 5.33 Å². The van der Waals surface area contributed by atoms with Crippen LogP contribution in [0.25, 0.3) is 10.1 Å². The lowest BCUT2D eigenvalue weighted by Crippen LogP contribution is -1.85. The van der Waals surface area contributed by atoms with Crippen molar-refractivity contribution in [3.05, 3.63) is 23.1 Å². The molecule has 2 aromatic rings. The third kappa shape index (κ3) is 1.58. The molecule has 2 rings (SSSR count). The number of hydrogen-bond acceptors (Lipinski definition) is 3. The van der Waals surface area contributed by atoms with Gasteiger partial charge in [-0.2, -0.15) is 0 Å². The molecule has 0 bridgehead atoms. The van der Waals surface area contributed by atoms with Crippen LogP contribution in [0.1, 0.15) is 4.88 Å². The number of hydrogen-bond donors (Lipinski definition) is 2. The number of thiophene rings is 1. The number of fused-ring (bicyclic) bond motifs is 1. The molecule has 4 heteroatoms. The van der Waals surface area contributed by atoms with Crippen molar-refractivity contribution in [1.82, 2.24) is 0 Å². The largest absolute Gasteiger partial charge is 0.397 e. The highest BCUT2D eigenvalue weighted by Crippen LogP contribution is 2.35. The molecule has 1 nitrogen and oxygen atoms in total. The Morgan fingerprint density at radius 2 is 2.23 bits per heavy atom. The summed E-state index contributed by atoms with van der Waals surface area (Å²) >= 11 is 9.43. The molecule has 0 saturated carbocycles. The predicted octanol–water partition coefficient (Wildman–Crippen LogP) is 3.67. The summed E-state index contributed by atoms with van der Waals surface area (Å²) in [6.45, 7) is 0. The van der Waals surface area contributed by atoms with Crippen molar-refractivity contribution in [1.29, 1.82) is 0 Å². The van der Waals surface area contributed by atoms with Gasteiger partial charge in [-0.15, -0.1) is 24.0 Å². The van der Waals surface area contributed by atoms with Gasteiger partial charge in [0.15, 0.2) is 0 Å². The summed E-state index contributed by atoms with van der Waals surface area (Å²) in [5.41, 5.74) is 6.85. The summed E-state index contributed by atoms with van der Waals surface area (Å²) in [4.78, 5) is 2.15. The fourth-order valence-corrected chi connectivity index (χ4v) is 3.06. The average Bonchev–Trinajstić information content (AvgIpc) is 2.44. The quantitative estimate of drug-likeness (QED) is 0.602. The van der Waals surface area contributed by atoms with Gasteiger partial charge >= 0.3 is 0 Å². The summed E-state index contributed by atoms with van der Waals surface area (Å²) in [7, 11) is 0. The highest BCUT2D eigenvalue weighted by Gasteiger charge is 2.07. The first kappa shape index (κ1) is 9.37. The van der Waals surface area contributed by atoms with E-state index in [2.05, 4.69) is 34.6 Å². The standard InChI is InChI=1S/C9H8BrNS2/c10-4-8-9(11)6-3-5(12)1-2-7(6)13-8/h1-3,12H,4,11H2. The minimum absolute atomic E-state index is 0.820. The number of rotatable bonds is 1. The molecular weight excluding hydrogens is 266 g/mol. The van der Waals surface area contributed by atoms with E-state index in [1.165, 1.54) is 9.58 Å². The van der Waals surface area contributed by atoms with Gasteiger partial charge < -0.3 is 5.73 Å². The van der Waals surface area contributed by atoms with E-state index >= 15 is 0 Å². The maximum absolute atomic E-state index is 5.96. The van der Waals surface area contributed by atoms with E-state index in [0.717, 1.165) is 21.3 Å². The third-order valence-corrected chi connectivity index (χ3v) is 4.30. The van der Waals surface area contributed by atoms with Crippen molar-refractivity contribution in [2.75, 3.05) is 5.73 Å². The molecule has 0 saturated heterocycles. The van der Waals surface area contributed by atoms with Gasteiger partial charge in [0.2, 0.25) is 0 Å². The summed E-state index contributed by atoms with van der Waals surface area (Å²) in [5, 5.41) is 1.94. The Kier molecular flexibility index (Phi) is 2.53. The van der Waals surface area contributed by atoms with Crippen molar-refractivity contribution >= 4 is 55.7 Å². The first-order valence-corrected chi connectivity index (χ1v) is 6.16. The maximum atomic E-state index is 5.96. The molecule has 0 fully saturated rings. The van der Waals surface area contributed by atoms with Gasteiger partial charge in [0.05, 0.1) is 5.69 Å². The zero-order chi connectivity index (χ0) is 9.42. The summed E-state index contributed by atoms with van der Waals surface area (Å²) in [5.74, 6) is 0. The Hall–Kier alpha value is -0.190. The molecule has 0 aliphatic carbocycles. The second kappa shape index (κ2) is 3.52. The van der Waals surface area contributed by atoms with E-state index in [-0.39, 0.29) is 0 Å². The Bertz CT molecular complexity index is 450. The first-order chi connectivity index (χ1) is 6.22. The lowest BCUT2D eigenvalue weighted by molar-refractivity contribution is 1.53. The number of thiol groups is 1. The molecule has 1 heterocycles. The van der Waals surface area contributed by atoms with Gasteiger partial charge in [-0.3, -0.25) is 0 Å². The van der Waals surface area contributed by atoms with Crippen LogP contribution >= 0.6 is 39.9 Å². The van der Waals surface area contributed by atoms with E-state index in [0.29, 0.717) is 0 Å². The van der Waals surface area contributed by atoms with E-state index in [4.69, 9.17) is 5.73 Å². The molecule has 0 radical (unpaired) electrons. The highest BCUT2D eigenvalue weighted by atomic mass is 79.9. The molecule has 0 amide bonds. The van der Waals surface area contributed by atoms with Gasteiger partial charge in [0, 0.05) is 25.2 Å². The van der Waals surface area contributed by atoms with E-state index in [1.54, 1.807) is 11.3 Å². The van der Waals surface area contributed by atoms with Crippen LogP contribution in [0.3, 0.4) is 0 Å². The molecule has 0 atom stereocenters. The fourth-order valence-electron chi connectivity index (χ4n) is 1.25. The number of halogens is 1. The molecule has 0 aliphatic heterocycles. The number of benzene rings is 1. The minimum Gasteiger partial charge on any atom is -0.397 e. The molecule has 0 spiro atoms. The normalized spacial score (nSPS) is 10.9. The van der Waals surface area contributed by atoms with Gasteiger partial charge in [0.1, 0.15) is 0 Å². The van der Waals surface area contributed by atoms with Gasteiger partial charge in [-0.1, -0.05) is 15.9 Å². The van der Waals surface area contributed by atoms with Crippen molar-refractivity contribution in [2.45, 2.75) is 10.2 Å². The summed E-state index contributed by atoms with van der Waals surface area (Å²) in [6.07, 6.45) is 0. The number of anilines is 1. The molecule has 68 valence electrons. The molecule has 1 aromatic heterocycles. The Morgan fingerprint density at radius 1 is 1.46 bits per heavy atom. The lowest BCUT2D eigenvalue weighted by atomic mass is 10.2. The van der Waals surface area contributed by atoms with E-state index in [9.17, 15) is 0 Å². The highest BCUT2D eigenvalue weighted by molar-refractivity contribution is 9.08.